The summed E-state index contributed by atoms with van der Waals surface area (Å²) in [5, 5.41) is 0. The molecule has 0 spiro atoms. The van der Waals surface area contributed by atoms with Crippen LogP contribution in [0.25, 0.3) is 0 Å². The SMILES string of the molecule is CCCC(Br)CCCc1ccc(OC)c(Br)c1. The maximum absolute atomic E-state index is 5.22. The lowest BCUT2D eigenvalue weighted by atomic mass is 10.1. The molecule has 0 aliphatic carbocycles. The Labute approximate surface area is 121 Å². The molecular weight excluding hydrogens is 344 g/mol. The number of hydrogen-bond donors (Lipinski definition) is 0. The van der Waals surface area contributed by atoms with E-state index in [2.05, 4.69) is 50.9 Å². The van der Waals surface area contributed by atoms with E-state index in [0.717, 1.165) is 16.6 Å². The zero-order valence-corrected chi connectivity index (χ0v) is 13.7. The van der Waals surface area contributed by atoms with Crippen LogP contribution < -0.4 is 4.74 Å². The fraction of sp³-hybridized carbons (Fsp3) is 0.571. The smallest absolute Gasteiger partial charge is 0.133 e. The predicted molar refractivity (Wildman–Crippen MR) is 81.3 cm³/mol. The van der Waals surface area contributed by atoms with Gasteiger partial charge < -0.3 is 4.74 Å². The van der Waals surface area contributed by atoms with Crippen molar-refractivity contribution >= 4 is 31.9 Å². The molecule has 1 aromatic rings. The molecule has 1 atom stereocenters. The highest BCUT2D eigenvalue weighted by Gasteiger charge is 2.04. The summed E-state index contributed by atoms with van der Waals surface area (Å²) in [6, 6.07) is 6.33. The molecule has 0 saturated carbocycles. The lowest BCUT2D eigenvalue weighted by Gasteiger charge is -2.09. The minimum absolute atomic E-state index is 0.675. The topological polar surface area (TPSA) is 9.23 Å². The quantitative estimate of drug-likeness (QED) is 0.593. The second kappa shape index (κ2) is 8.15. The molecule has 1 unspecified atom stereocenters. The van der Waals surface area contributed by atoms with E-state index in [0.29, 0.717) is 4.83 Å². The summed E-state index contributed by atoms with van der Waals surface area (Å²) < 4.78 is 6.26. The Kier molecular flexibility index (Phi) is 7.21. The molecule has 1 nitrogen and oxygen atoms in total. The van der Waals surface area contributed by atoms with Crippen LogP contribution in [-0.4, -0.2) is 11.9 Å². The highest BCUT2D eigenvalue weighted by atomic mass is 79.9. The van der Waals surface area contributed by atoms with Gasteiger partial charge >= 0.3 is 0 Å². The van der Waals surface area contributed by atoms with Gasteiger partial charge in [0.2, 0.25) is 0 Å². The van der Waals surface area contributed by atoms with Gasteiger partial charge in [-0.3, -0.25) is 0 Å². The van der Waals surface area contributed by atoms with E-state index in [-0.39, 0.29) is 0 Å². The van der Waals surface area contributed by atoms with Crippen molar-refractivity contribution in [1.29, 1.82) is 0 Å². The summed E-state index contributed by atoms with van der Waals surface area (Å²) >= 11 is 7.24. The molecule has 96 valence electrons. The third kappa shape index (κ3) is 5.43. The Morgan fingerprint density at radius 2 is 2.06 bits per heavy atom. The zero-order valence-electron chi connectivity index (χ0n) is 10.5. The van der Waals surface area contributed by atoms with Gasteiger partial charge in [-0.25, -0.2) is 0 Å². The average molecular weight is 364 g/mol. The molecule has 0 bridgehead atoms. The second-order valence-corrected chi connectivity index (χ2v) is 6.40. The Morgan fingerprint density at radius 1 is 1.29 bits per heavy atom. The Bertz CT molecular complexity index is 339. The van der Waals surface area contributed by atoms with Crippen LogP contribution in [-0.2, 0) is 6.42 Å². The molecule has 1 rings (SSSR count). The van der Waals surface area contributed by atoms with Gasteiger partial charge in [0.05, 0.1) is 11.6 Å². The van der Waals surface area contributed by atoms with Crippen LogP contribution in [0.15, 0.2) is 22.7 Å². The molecule has 0 N–H and O–H groups in total. The standard InChI is InChI=1S/C14H20Br2O/c1-3-5-12(15)7-4-6-11-8-9-14(17-2)13(16)10-11/h8-10,12H,3-7H2,1-2H3. The predicted octanol–water partition coefficient (Wildman–Crippen LogP) is 5.34. The van der Waals surface area contributed by atoms with E-state index >= 15 is 0 Å². The second-order valence-electron chi connectivity index (χ2n) is 4.25. The van der Waals surface area contributed by atoms with E-state index < -0.39 is 0 Å². The maximum atomic E-state index is 5.22. The van der Waals surface area contributed by atoms with Crippen LogP contribution in [0.5, 0.6) is 5.75 Å². The van der Waals surface area contributed by atoms with Crippen molar-refractivity contribution in [2.45, 2.75) is 43.9 Å². The normalized spacial score (nSPS) is 12.5. The number of rotatable bonds is 7. The first-order chi connectivity index (χ1) is 8.17. The van der Waals surface area contributed by atoms with Crippen LogP contribution >= 0.6 is 31.9 Å². The van der Waals surface area contributed by atoms with Crippen molar-refractivity contribution in [2.75, 3.05) is 7.11 Å². The maximum Gasteiger partial charge on any atom is 0.133 e. The summed E-state index contributed by atoms with van der Waals surface area (Å²) in [6.07, 6.45) is 6.14. The van der Waals surface area contributed by atoms with Crippen molar-refractivity contribution in [3.05, 3.63) is 28.2 Å². The molecule has 17 heavy (non-hydrogen) atoms. The van der Waals surface area contributed by atoms with E-state index in [4.69, 9.17) is 4.74 Å². The van der Waals surface area contributed by atoms with Crippen LogP contribution in [0.2, 0.25) is 0 Å². The van der Waals surface area contributed by atoms with E-state index in [9.17, 15) is 0 Å². The number of ether oxygens (including phenoxy) is 1. The number of aryl methyl sites for hydroxylation is 1. The molecule has 0 saturated heterocycles. The average Bonchev–Trinajstić information content (AvgIpc) is 2.29. The summed E-state index contributed by atoms with van der Waals surface area (Å²) in [6.45, 7) is 2.23. The van der Waals surface area contributed by atoms with Crippen LogP contribution in [0.3, 0.4) is 0 Å². The van der Waals surface area contributed by atoms with Gasteiger partial charge in [0.1, 0.15) is 5.75 Å². The van der Waals surface area contributed by atoms with Crippen LogP contribution in [0.4, 0.5) is 0 Å². The van der Waals surface area contributed by atoms with Gasteiger partial charge in [0, 0.05) is 4.83 Å². The number of methoxy groups -OCH3 is 1. The van der Waals surface area contributed by atoms with Crippen molar-refractivity contribution in [1.82, 2.24) is 0 Å². The summed E-state index contributed by atoms with van der Waals surface area (Å²) in [4.78, 5) is 0.675. The number of hydrogen-bond acceptors (Lipinski definition) is 1. The van der Waals surface area contributed by atoms with E-state index in [1.54, 1.807) is 7.11 Å². The molecule has 0 heterocycles. The molecule has 0 aliphatic heterocycles. The largest absolute Gasteiger partial charge is 0.496 e. The van der Waals surface area contributed by atoms with Crippen molar-refractivity contribution in [3.63, 3.8) is 0 Å². The molecule has 0 fully saturated rings. The third-order valence-electron chi connectivity index (χ3n) is 2.80. The Morgan fingerprint density at radius 3 is 2.65 bits per heavy atom. The van der Waals surface area contributed by atoms with Crippen LogP contribution in [0.1, 0.15) is 38.2 Å². The van der Waals surface area contributed by atoms with Gasteiger partial charge in [0.25, 0.3) is 0 Å². The Balaban J connectivity index is 2.39. The minimum atomic E-state index is 0.675. The molecule has 1 aromatic carbocycles. The minimum Gasteiger partial charge on any atom is -0.496 e. The van der Waals surface area contributed by atoms with E-state index in [1.807, 2.05) is 6.07 Å². The molecular formula is C14H20Br2O. The Hall–Kier alpha value is -0.0200. The van der Waals surface area contributed by atoms with Gasteiger partial charge in [-0.2, -0.15) is 0 Å². The first kappa shape index (κ1) is 15.0. The monoisotopic (exact) mass is 362 g/mol. The lowest BCUT2D eigenvalue weighted by Crippen LogP contribution is -1.98. The van der Waals surface area contributed by atoms with Crippen molar-refractivity contribution in [2.24, 2.45) is 0 Å². The summed E-state index contributed by atoms with van der Waals surface area (Å²) in [7, 11) is 1.69. The number of benzene rings is 1. The van der Waals surface area contributed by atoms with Gasteiger partial charge in [0.15, 0.2) is 0 Å². The lowest BCUT2D eigenvalue weighted by molar-refractivity contribution is 0.412. The number of alkyl halides is 1. The van der Waals surface area contributed by atoms with E-state index in [1.165, 1.54) is 31.2 Å². The van der Waals surface area contributed by atoms with Gasteiger partial charge in [-0.1, -0.05) is 35.3 Å². The molecule has 0 amide bonds. The van der Waals surface area contributed by atoms with Crippen molar-refractivity contribution < 1.29 is 4.74 Å². The highest BCUT2D eigenvalue weighted by molar-refractivity contribution is 9.10. The molecule has 0 aliphatic rings. The van der Waals surface area contributed by atoms with Gasteiger partial charge in [-0.15, -0.1) is 0 Å². The molecule has 0 aromatic heterocycles. The highest BCUT2D eigenvalue weighted by Crippen LogP contribution is 2.26. The number of halogens is 2. The van der Waals surface area contributed by atoms with Crippen LogP contribution in [0, 0.1) is 0 Å². The molecule has 0 radical (unpaired) electrons. The fourth-order valence-electron chi connectivity index (χ4n) is 1.85. The molecule has 3 heteroatoms. The zero-order chi connectivity index (χ0) is 12.7. The summed E-state index contributed by atoms with van der Waals surface area (Å²) in [5.41, 5.74) is 1.37. The first-order valence-corrected chi connectivity index (χ1v) is 7.84. The first-order valence-electron chi connectivity index (χ1n) is 6.13. The third-order valence-corrected chi connectivity index (χ3v) is 4.34. The summed E-state index contributed by atoms with van der Waals surface area (Å²) in [5.74, 6) is 0.901. The van der Waals surface area contributed by atoms with Crippen molar-refractivity contribution in [3.8, 4) is 5.75 Å². The van der Waals surface area contributed by atoms with Gasteiger partial charge in [-0.05, 0) is 59.3 Å². The fourth-order valence-corrected chi connectivity index (χ4v) is 3.22.